The van der Waals surface area contributed by atoms with Gasteiger partial charge in [-0.15, -0.1) is 0 Å². The zero-order valence-corrected chi connectivity index (χ0v) is 24.2. The van der Waals surface area contributed by atoms with Gasteiger partial charge in [-0.1, -0.05) is 36.2 Å². The molecule has 12 heteroatoms. The molecular weight excluding hydrogens is 553 g/mol. The Balaban J connectivity index is 1.99. The summed E-state index contributed by atoms with van der Waals surface area (Å²) in [5, 5.41) is 3.54. The first-order valence-corrected chi connectivity index (χ1v) is 14.8. The molecule has 0 saturated carbocycles. The van der Waals surface area contributed by atoms with Crippen molar-refractivity contribution in [2.75, 3.05) is 29.8 Å². The second-order valence-electron chi connectivity index (χ2n) is 8.95. The predicted octanol–water partition coefficient (Wildman–Crippen LogP) is 4.25. The second kappa shape index (κ2) is 12.9. The Morgan fingerprint density at radius 1 is 1.03 bits per heavy atom. The number of sulfonamides is 1. The van der Waals surface area contributed by atoms with Gasteiger partial charge in [0.25, 0.3) is 0 Å². The fourth-order valence-corrected chi connectivity index (χ4v) is 5.38. The van der Waals surface area contributed by atoms with E-state index < -0.39 is 28.5 Å². The zero-order chi connectivity index (χ0) is 28.0. The minimum Gasteiger partial charge on any atom is -0.486 e. The Morgan fingerprint density at radius 2 is 1.66 bits per heavy atom. The van der Waals surface area contributed by atoms with Crippen LogP contribution in [0, 0.1) is 0 Å². The van der Waals surface area contributed by atoms with Crippen molar-refractivity contribution in [1.29, 1.82) is 0 Å². The molecule has 3 rings (SSSR count). The third kappa shape index (κ3) is 7.03. The van der Waals surface area contributed by atoms with E-state index in [9.17, 15) is 18.0 Å². The largest absolute Gasteiger partial charge is 0.486 e. The highest BCUT2D eigenvalue weighted by Crippen LogP contribution is 2.35. The van der Waals surface area contributed by atoms with E-state index in [2.05, 4.69) is 5.32 Å². The first-order chi connectivity index (χ1) is 18.0. The molecule has 9 nitrogen and oxygen atoms in total. The molecule has 1 aliphatic rings. The van der Waals surface area contributed by atoms with Gasteiger partial charge in [0.1, 0.15) is 25.8 Å². The average Bonchev–Trinajstić information content (AvgIpc) is 2.90. The number of anilines is 1. The molecule has 0 unspecified atom stereocenters. The van der Waals surface area contributed by atoms with Gasteiger partial charge in [-0.05, 0) is 51.5 Å². The topological polar surface area (TPSA) is 105 Å². The SMILES string of the molecule is CC[C@@H](C)NC(=O)[C@@H](C)N(Cc1c(Cl)cccc1Cl)C(=O)CN(c1ccc2c(c1)OCCO2)S(=O)(=O)CC. The van der Waals surface area contributed by atoms with Crippen molar-refractivity contribution in [3.05, 3.63) is 52.0 Å². The van der Waals surface area contributed by atoms with Gasteiger partial charge in [-0.3, -0.25) is 13.9 Å². The monoisotopic (exact) mass is 585 g/mol. The molecule has 0 fully saturated rings. The van der Waals surface area contributed by atoms with Crippen molar-refractivity contribution in [3.8, 4) is 11.5 Å². The summed E-state index contributed by atoms with van der Waals surface area (Å²) in [5.41, 5.74) is 0.702. The highest BCUT2D eigenvalue weighted by atomic mass is 35.5. The van der Waals surface area contributed by atoms with Crippen LogP contribution in [0.2, 0.25) is 10.0 Å². The first-order valence-electron chi connectivity index (χ1n) is 12.4. The maximum atomic E-state index is 13.8. The molecule has 2 aromatic carbocycles. The van der Waals surface area contributed by atoms with E-state index in [1.165, 1.54) is 17.9 Å². The van der Waals surface area contributed by atoms with Gasteiger partial charge in [0, 0.05) is 34.3 Å². The predicted molar refractivity (Wildman–Crippen MR) is 149 cm³/mol. The van der Waals surface area contributed by atoms with Crippen LogP contribution in [0.5, 0.6) is 11.5 Å². The standard InChI is InChI=1S/C26H33Cl2N3O6S/c1-5-17(3)29-26(33)18(4)30(15-20-21(27)8-7-9-22(20)28)25(32)16-31(38(34,35)6-2)19-10-11-23-24(14-19)37-13-12-36-23/h7-11,14,17-18H,5-6,12-13,15-16H2,1-4H3,(H,29,33)/t17-,18-/m1/s1. The summed E-state index contributed by atoms with van der Waals surface area (Å²) < 4.78 is 38.5. The van der Waals surface area contributed by atoms with E-state index in [1.54, 1.807) is 37.3 Å². The normalized spacial score (nSPS) is 14.4. The molecular formula is C26H33Cl2N3O6S. The highest BCUT2D eigenvalue weighted by Gasteiger charge is 2.32. The van der Waals surface area contributed by atoms with Crippen molar-refractivity contribution in [3.63, 3.8) is 0 Å². The lowest BCUT2D eigenvalue weighted by Gasteiger charge is -2.33. The van der Waals surface area contributed by atoms with Crippen LogP contribution < -0.4 is 19.1 Å². The van der Waals surface area contributed by atoms with Crippen LogP contribution in [0.4, 0.5) is 5.69 Å². The molecule has 0 aliphatic carbocycles. The van der Waals surface area contributed by atoms with E-state index in [4.69, 9.17) is 32.7 Å². The van der Waals surface area contributed by atoms with Crippen molar-refractivity contribution in [2.24, 2.45) is 0 Å². The smallest absolute Gasteiger partial charge is 0.244 e. The molecule has 0 spiro atoms. The van der Waals surface area contributed by atoms with E-state index in [0.717, 1.165) is 4.31 Å². The maximum Gasteiger partial charge on any atom is 0.244 e. The number of benzene rings is 2. The number of rotatable bonds is 11. The molecule has 1 aliphatic heterocycles. The molecule has 1 heterocycles. The Kier molecular flexibility index (Phi) is 10.1. The molecule has 2 aromatic rings. The number of hydrogen-bond donors (Lipinski definition) is 1. The Bertz CT molecular complexity index is 1250. The van der Waals surface area contributed by atoms with Crippen molar-refractivity contribution in [1.82, 2.24) is 10.2 Å². The van der Waals surface area contributed by atoms with Gasteiger partial charge >= 0.3 is 0 Å². The first kappa shape index (κ1) is 29.9. The zero-order valence-electron chi connectivity index (χ0n) is 21.9. The minimum atomic E-state index is -3.89. The second-order valence-corrected chi connectivity index (χ2v) is 11.9. The number of ether oxygens (including phenoxy) is 2. The fraction of sp³-hybridized carbons (Fsp3) is 0.462. The van der Waals surface area contributed by atoms with Crippen molar-refractivity contribution < 1.29 is 27.5 Å². The molecule has 1 N–H and O–H groups in total. The van der Waals surface area contributed by atoms with Crippen LogP contribution in [-0.4, -0.2) is 62.7 Å². The quantitative estimate of drug-likeness (QED) is 0.422. The lowest BCUT2D eigenvalue weighted by atomic mass is 10.1. The number of hydrogen-bond acceptors (Lipinski definition) is 6. The summed E-state index contributed by atoms with van der Waals surface area (Å²) in [5.74, 6) is -0.335. The summed E-state index contributed by atoms with van der Waals surface area (Å²) in [6.07, 6.45) is 0.704. The van der Waals surface area contributed by atoms with Gasteiger partial charge in [0.05, 0.1) is 11.4 Å². The molecule has 0 aromatic heterocycles. The molecule has 208 valence electrons. The fourth-order valence-electron chi connectivity index (χ4n) is 3.81. The molecule has 0 bridgehead atoms. The number of halogens is 2. The summed E-state index contributed by atoms with van der Waals surface area (Å²) in [4.78, 5) is 28.2. The van der Waals surface area contributed by atoms with Gasteiger partial charge in [0.2, 0.25) is 21.8 Å². The van der Waals surface area contributed by atoms with Gasteiger partial charge in [0.15, 0.2) is 11.5 Å². The summed E-state index contributed by atoms with van der Waals surface area (Å²) in [6, 6.07) is 8.60. The number of amides is 2. The van der Waals surface area contributed by atoms with E-state index in [1.807, 2.05) is 13.8 Å². The van der Waals surface area contributed by atoms with Gasteiger partial charge < -0.3 is 19.7 Å². The van der Waals surface area contributed by atoms with Crippen molar-refractivity contribution >= 4 is 50.7 Å². The number of carbonyl (C=O) groups excluding carboxylic acids is 2. The van der Waals surface area contributed by atoms with Crippen LogP contribution >= 0.6 is 23.2 Å². The van der Waals surface area contributed by atoms with Crippen LogP contribution in [0.1, 0.15) is 39.7 Å². The molecule has 2 atom stereocenters. The van der Waals surface area contributed by atoms with Crippen molar-refractivity contribution in [2.45, 2.75) is 52.7 Å². The lowest BCUT2D eigenvalue weighted by Crippen LogP contribution is -2.52. The Morgan fingerprint density at radius 3 is 2.26 bits per heavy atom. The Labute approximate surface area is 234 Å². The van der Waals surface area contributed by atoms with Gasteiger partial charge in [-0.25, -0.2) is 8.42 Å². The molecule has 38 heavy (non-hydrogen) atoms. The van der Waals surface area contributed by atoms with E-state index >= 15 is 0 Å². The van der Waals surface area contributed by atoms with Crippen LogP contribution in [0.25, 0.3) is 0 Å². The third-order valence-electron chi connectivity index (χ3n) is 6.35. The van der Waals surface area contributed by atoms with Crippen LogP contribution in [-0.2, 0) is 26.2 Å². The lowest BCUT2D eigenvalue weighted by molar-refractivity contribution is -0.139. The van der Waals surface area contributed by atoms with E-state index in [-0.39, 0.29) is 29.9 Å². The number of nitrogens with zero attached hydrogens (tertiary/aromatic N) is 2. The van der Waals surface area contributed by atoms with Crippen LogP contribution in [0.15, 0.2) is 36.4 Å². The average molecular weight is 587 g/mol. The Hall–Kier alpha value is -2.69. The highest BCUT2D eigenvalue weighted by molar-refractivity contribution is 7.92. The minimum absolute atomic E-state index is 0.0897. The van der Waals surface area contributed by atoms with Crippen LogP contribution in [0.3, 0.4) is 0 Å². The number of nitrogens with one attached hydrogen (secondary N) is 1. The molecule has 2 amide bonds. The third-order valence-corrected chi connectivity index (χ3v) is 8.80. The summed E-state index contributed by atoms with van der Waals surface area (Å²) >= 11 is 12.8. The van der Waals surface area contributed by atoms with E-state index in [0.29, 0.717) is 46.7 Å². The van der Waals surface area contributed by atoms with Gasteiger partial charge in [-0.2, -0.15) is 0 Å². The number of fused-ring (bicyclic) bond motifs is 1. The summed E-state index contributed by atoms with van der Waals surface area (Å²) in [7, 11) is -3.89. The molecule has 0 saturated heterocycles. The summed E-state index contributed by atoms with van der Waals surface area (Å²) in [6.45, 7) is 6.95. The maximum absolute atomic E-state index is 13.8. The number of carbonyl (C=O) groups is 2. The molecule has 0 radical (unpaired) electrons.